The van der Waals surface area contributed by atoms with Crippen LogP contribution in [0.5, 0.6) is 11.5 Å². The first-order valence-corrected chi connectivity index (χ1v) is 9.18. The monoisotopic (exact) mass is 403 g/mol. The number of ether oxygens (including phenoxy) is 2. The van der Waals surface area contributed by atoms with Crippen LogP contribution in [0.25, 0.3) is 0 Å². The van der Waals surface area contributed by atoms with Gasteiger partial charge in [-0.2, -0.15) is 0 Å². The maximum atomic E-state index is 12.2. The molecule has 1 aliphatic rings. The lowest BCUT2D eigenvalue weighted by molar-refractivity contribution is -0.274. The number of sulfone groups is 1. The largest absolute Gasteiger partial charge is 0.573 e. The van der Waals surface area contributed by atoms with Crippen LogP contribution < -0.4 is 15.0 Å². The van der Waals surface area contributed by atoms with Crippen LogP contribution in [0, 0.1) is 0 Å². The summed E-state index contributed by atoms with van der Waals surface area (Å²) in [5, 5.41) is -0.335. The van der Waals surface area contributed by atoms with Gasteiger partial charge in [0.05, 0.1) is 12.4 Å². The van der Waals surface area contributed by atoms with Crippen molar-refractivity contribution in [1.82, 2.24) is 15.4 Å². The number of benzene rings is 1. The molecular weight excluding hydrogens is 391 g/mol. The van der Waals surface area contributed by atoms with Gasteiger partial charge in [-0.1, -0.05) is 12.1 Å². The molecule has 0 amide bonds. The molecule has 1 aromatic heterocycles. The standard InChI is InChI=1S/C15H12F3N3O5S/c1-27(22,23)14-19-7-11(8-20-14)24-13-6-12(26-21-13)9-2-4-10(5-3-9)25-15(16,17)18/h2-8,12,21H,1H3/t12-/m1/s1. The Morgan fingerprint density at radius 3 is 2.30 bits per heavy atom. The highest BCUT2D eigenvalue weighted by Crippen LogP contribution is 2.28. The van der Waals surface area contributed by atoms with E-state index in [0.717, 1.165) is 18.4 Å². The Bertz CT molecular complexity index is 944. The summed E-state index contributed by atoms with van der Waals surface area (Å²) in [5.41, 5.74) is 3.06. The first kappa shape index (κ1) is 18.9. The van der Waals surface area contributed by atoms with Crippen LogP contribution in [0.3, 0.4) is 0 Å². The fraction of sp³-hybridized carbons (Fsp3) is 0.200. The van der Waals surface area contributed by atoms with E-state index in [1.165, 1.54) is 30.6 Å². The van der Waals surface area contributed by atoms with E-state index in [2.05, 4.69) is 20.2 Å². The number of nitrogens with one attached hydrogen (secondary N) is 1. The van der Waals surface area contributed by atoms with Crippen LogP contribution in [0.15, 0.2) is 53.8 Å². The van der Waals surface area contributed by atoms with Crippen LogP contribution in [-0.4, -0.2) is 31.0 Å². The van der Waals surface area contributed by atoms with Gasteiger partial charge in [-0.15, -0.1) is 13.2 Å². The van der Waals surface area contributed by atoms with Crippen LogP contribution in [0.1, 0.15) is 11.7 Å². The summed E-state index contributed by atoms with van der Waals surface area (Å²) in [7, 11) is -3.52. The van der Waals surface area contributed by atoms with Gasteiger partial charge in [0.1, 0.15) is 11.9 Å². The molecule has 3 rings (SSSR count). The van der Waals surface area contributed by atoms with Crippen molar-refractivity contribution in [2.45, 2.75) is 17.6 Å². The normalized spacial score (nSPS) is 17.2. The molecule has 0 saturated heterocycles. The molecule has 2 heterocycles. The molecule has 1 atom stereocenters. The number of rotatable bonds is 5. The van der Waals surface area contributed by atoms with Crippen LogP contribution in [0.4, 0.5) is 13.2 Å². The topological polar surface area (TPSA) is 99.6 Å². The smallest absolute Gasteiger partial charge is 0.436 e. The number of hydroxylamine groups is 1. The van der Waals surface area contributed by atoms with Gasteiger partial charge in [0, 0.05) is 12.3 Å². The SMILES string of the molecule is CS(=O)(=O)c1ncc(OC2=C[C@H](c3ccc(OC(F)(F)F)cc3)ON2)cn1. The summed E-state index contributed by atoms with van der Waals surface area (Å²) in [5.74, 6) is 0.00595. The molecule has 2 aromatic rings. The van der Waals surface area contributed by atoms with E-state index in [0.29, 0.717) is 5.56 Å². The van der Waals surface area contributed by atoms with Gasteiger partial charge in [0.15, 0.2) is 5.75 Å². The first-order valence-electron chi connectivity index (χ1n) is 7.29. The second-order valence-corrected chi connectivity index (χ2v) is 7.27. The Balaban J connectivity index is 1.66. The average Bonchev–Trinajstić information content (AvgIpc) is 3.02. The van der Waals surface area contributed by atoms with Crippen molar-refractivity contribution in [2.75, 3.05) is 6.26 Å². The highest BCUT2D eigenvalue weighted by atomic mass is 32.2. The molecule has 1 N–H and O–H groups in total. The van der Waals surface area contributed by atoms with Crippen molar-refractivity contribution in [2.24, 2.45) is 0 Å². The maximum absolute atomic E-state index is 12.2. The Morgan fingerprint density at radius 2 is 1.74 bits per heavy atom. The van der Waals surface area contributed by atoms with Crippen molar-refractivity contribution in [3.8, 4) is 11.5 Å². The predicted octanol–water partition coefficient (Wildman–Crippen LogP) is 2.27. The quantitative estimate of drug-likeness (QED) is 0.759. The summed E-state index contributed by atoms with van der Waals surface area (Å²) in [6.45, 7) is 0. The maximum Gasteiger partial charge on any atom is 0.573 e. The third-order valence-electron chi connectivity index (χ3n) is 3.20. The van der Waals surface area contributed by atoms with Gasteiger partial charge in [0.2, 0.25) is 20.9 Å². The Kier molecular flexibility index (Phi) is 4.93. The van der Waals surface area contributed by atoms with E-state index in [1.807, 2.05) is 0 Å². The van der Waals surface area contributed by atoms with E-state index in [-0.39, 0.29) is 22.5 Å². The zero-order chi connectivity index (χ0) is 19.7. The molecular formula is C15H12F3N3O5S. The molecule has 0 unspecified atom stereocenters. The second kappa shape index (κ2) is 7.04. The molecule has 144 valence electrons. The molecule has 12 heteroatoms. The number of aromatic nitrogens is 2. The van der Waals surface area contributed by atoms with E-state index in [4.69, 9.17) is 9.57 Å². The predicted molar refractivity (Wildman–Crippen MR) is 83.9 cm³/mol. The highest BCUT2D eigenvalue weighted by molar-refractivity contribution is 7.90. The highest BCUT2D eigenvalue weighted by Gasteiger charge is 2.31. The summed E-state index contributed by atoms with van der Waals surface area (Å²) in [4.78, 5) is 12.6. The zero-order valence-corrected chi connectivity index (χ0v) is 14.4. The van der Waals surface area contributed by atoms with Crippen molar-refractivity contribution < 1.29 is 35.9 Å². The van der Waals surface area contributed by atoms with Crippen LogP contribution in [0.2, 0.25) is 0 Å². The Labute approximate surface area is 151 Å². The lowest BCUT2D eigenvalue weighted by Gasteiger charge is -2.11. The van der Waals surface area contributed by atoms with E-state index >= 15 is 0 Å². The minimum Gasteiger partial charge on any atom is -0.436 e. The molecule has 0 saturated carbocycles. The second-order valence-electron chi connectivity index (χ2n) is 5.36. The minimum atomic E-state index is -4.76. The Morgan fingerprint density at radius 1 is 1.11 bits per heavy atom. The van der Waals surface area contributed by atoms with E-state index < -0.39 is 22.3 Å². The lowest BCUT2D eigenvalue weighted by Crippen LogP contribution is -2.17. The molecule has 0 radical (unpaired) electrons. The van der Waals surface area contributed by atoms with Crippen molar-refractivity contribution >= 4 is 9.84 Å². The van der Waals surface area contributed by atoms with Gasteiger partial charge in [0.25, 0.3) is 0 Å². The van der Waals surface area contributed by atoms with Gasteiger partial charge < -0.3 is 9.47 Å². The summed E-state index contributed by atoms with van der Waals surface area (Å²) in [6.07, 6.45) is -0.499. The van der Waals surface area contributed by atoms with Crippen LogP contribution >= 0.6 is 0 Å². The number of hydrogen-bond donors (Lipinski definition) is 1. The van der Waals surface area contributed by atoms with E-state index in [1.54, 1.807) is 0 Å². The molecule has 1 aromatic carbocycles. The van der Waals surface area contributed by atoms with E-state index in [9.17, 15) is 21.6 Å². The van der Waals surface area contributed by atoms with Gasteiger partial charge in [-0.25, -0.2) is 23.9 Å². The molecule has 0 bridgehead atoms. The molecule has 0 fully saturated rings. The fourth-order valence-corrected chi connectivity index (χ4v) is 2.57. The van der Waals surface area contributed by atoms with Gasteiger partial charge in [-0.05, 0) is 17.7 Å². The summed E-state index contributed by atoms with van der Waals surface area (Å²) in [6, 6.07) is 5.15. The summed E-state index contributed by atoms with van der Waals surface area (Å²) >= 11 is 0. The van der Waals surface area contributed by atoms with Crippen LogP contribution in [-0.2, 0) is 14.7 Å². The van der Waals surface area contributed by atoms with Crippen molar-refractivity contribution in [3.63, 3.8) is 0 Å². The summed E-state index contributed by atoms with van der Waals surface area (Å²) < 4.78 is 68.3. The van der Waals surface area contributed by atoms with Gasteiger partial charge in [-0.3, -0.25) is 4.84 Å². The molecule has 0 spiro atoms. The third kappa shape index (κ3) is 5.08. The zero-order valence-electron chi connectivity index (χ0n) is 13.6. The van der Waals surface area contributed by atoms with Crippen molar-refractivity contribution in [3.05, 3.63) is 54.2 Å². The third-order valence-corrected chi connectivity index (χ3v) is 4.07. The van der Waals surface area contributed by atoms with Crippen molar-refractivity contribution in [1.29, 1.82) is 0 Å². The molecule has 8 nitrogen and oxygen atoms in total. The molecule has 0 aliphatic carbocycles. The first-order chi connectivity index (χ1) is 12.6. The Hall–Kier alpha value is -2.86. The average molecular weight is 403 g/mol. The minimum absolute atomic E-state index is 0.166. The molecule has 27 heavy (non-hydrogen) atoms. The fourth-order valence-electron chi connectivity index (χ4n) is 2.08. The number of hydrogen-bond acceptors (Lipinski definition) is 8. The van der Waals surface area contributed by atoms with Gasteiger partial charge >= 0.3 is 6.36 Å². The number of alkyl halides is 3. The number of nitrogens with zero attached hydrogens (tertiary/aromatic N) is 2. The lowest BCUT2D eigenvalue weighted by atomic mass is 10.1. The number of halogens is 3. The molecule has 1 aliphatic heterocycles.